The van der Waals surface area contributed by atoms with Crippen molar-refractivity contribution in [1.82, 2.24) is 4.57 Å². The third-order valence-corrected chi connectivity index (χ3v) is 7.13. The molecular formula is C19H20ClN3O2S2. The van der Waals surface area contributed by atoms with Crippen molar-refractivity contribution in [2.75, 3.05) is 10.6 Å². The Balaban J connectivity index is 1.65. The van der Waals surface area contributed by atoms with Gasteiger partial charge in [-0.15, -0.1) is 11.6 Å². The summed E-state index contributed by atoms with van der Waals surface area (Å²) in [6, 6.07) is 7.67. The molecule has 142 valence electrons. The molecule has 5 nitrogen and oxygen atoms in total. The lowest BCUT2D eigenvalue weighted by molar-refractivity contribution is -0.123. The Morgan fingerprint density at radius 3 is 2.81 bits per heavy atom. The van der Waals surface area contributed by atoms with Crippen molar-refractivity contribution >= 4 is 58.5 Å². The van der Waals surface area contributed by atoms with Crippen LogP contribution in [0.15, 0.2) is 24.3 Å². The van der Waals surface area contributed by atoms with Crippen molar-refractivity contribution in [2.45, 2.75) is 44.0 Å². The summed E-state index contributed by atoms with van der Waals surface area (Å²) in [5.74, 6) is 0.0646. The van der Waals surface area contributed by atoms with Crippen LogP contribution in [0, 0.1) is 9.87 Å². The number of aromatic nitrogens is 1. The Hall–Kier alpha value is -1.70. The van der Waals surface area contributed by atoms with Crippen LogP contribution in [0.1, 0.15) is 47.5 Å². The zero-order valence-corrected chi connectivity index (χ0v) is 17.2. The van der Waals surface area contributed by atoms with E-state index in [0.717, 1.165) is 19.3 Å². The number of alkyl halides is 1. The lowest BCUT2D eigenvalue weighted by Crippen LogP contribution is -2.41. The third-order valence-electron chi connectivity index (χ3n) is 5.33. The number of amides is 2. The molecule has 1 aliphatic heterocycles. The smallest absolute Gasteiger partial charge is 0.269 e. The fourth-order valence-corrected chi connectivity index (χ4v) is 5.54. The predicted octanol–water partition coefficient (Wildman–Crippen LogP) is 4.99. The summed E-state index contributed by atoms with van der Waals surface area (Å²) in [7, 11) is 0. The second-order valence-electron chi connectivity index (χ2n) is 6.99. The Labute approximate surface area is 171 Å². The number of rotatable bonds is 3. The monoisotopic (exact) mass is 421 g/mol. The van der Waals surface area contributed by atoms with Crippen LogP contribution in [0.2, 0.25) is 0 Å². The number of nitrogens with one attached hydrogen (secondary N) is 2. The molecule has 3 atom stereocenters. The van der Waals surface area contributed by atoms with Gasteiger partial charge in [-0.1, -0.05) is 30.4 Å². The van der Waals surface area contributed by atoms with Gasteiger partial charge < -0.3 is 15.2 Å². The first-order valence-electron chi connectivity index (χ1n) is 9.08. The van der Waals surface area contributed by atoms with Crippen LogP contribution in [0.25, 0.3) is 0 Å². The molecule has 2 aromatic rings. The number of hydrogen-bond donors (Lipinski definition) is 2. The Morgan fingerprint density at radius 1 is 1.37 bits per heavy atom. The number of fused-ring (bicyclic) bond motifs is 3. The normalized spacial score (nSPS) is 23.9. The first kappa shape index (κ1) is 18.7. The molecule has 1 aromatic carbocycles. The van der Waals surface area contributed by atoms with Gasteiger partial charge in [0, 0.05) is 11.1 Å². The highest BCUT2D eigenvalue weighted by Gasteiger charge is 2.42. The number of thiazole rings is 1. The van der Waals surface area contributed by atoms with E-state index in [1.165, 1.54) is 16.9 Å². The molecule has 8 heteroatoms. The number of carbonyl (C=O) groups is 2. The molecule has 0 bridgehead atoms. The highest BCUT2D eigenvalue weighted by Crippen LogP contribution is 2.44. The van der Waals surface area contributed by atoms with Gasteiger partial charge in [0.05, 0.1) is 12.0 Å². The maximum atomic E-state index is 12.8. The van der Waals surface area contributed by atoms with E-state index in [0.29, 0.717) is 26.8 Å². The second-order valence-corrected chi connectivity index (χ2v) is 9.26. The van der Waals surface area contributed by atoms with Crippen molar-refractivity contribution in [3.05, 3.63) is 38.7 Å². The van der Waals surface area contributed by atoms with Crippen molar-refractivity contribution in [3.63, 3.8) is 0 Å². The summed E-state index contributed by atoms with van der Waals surface area (Å²) < 4.78 is 2.52. The zero-order valence-electron chi connectivity index (χ0n) is 14.8. The minimum Gasteiger partial charge on any atom is -0.321 e. The lowest BCUT2D eigenvalue weighted by Gasteiger charge is -2.38. The van der Waals surface area contributed by atoms with E-state index in [1.54, 1.807) is 0 Å². The summed E-state index contributed by atoms with van der Waals surface area (Å²) in [4.78, 5) is 25.9. The van der Waals surface area contributed by atoms with Crippen LogP contribution in [0.3, 0.4) is 0 Å². The van der Waals surface area contributed by atoms with Gasteiger partial charge in [-0.2, -0.15) is 0 Å². The third kappa shape index (κ3) is 3.44. The number of carbonyl (C=O) groups excluding carboxylic acids is 2. The molecule has 1 fully saturated rings. The largest absolute Gasteiger partial charge is 0.321 e. The molecular weight excluding hydrogens is 402 g/mol. The summed E-state index contributed by atoms with van der Waals surface area (Å²) in [6.07, 6.45) is 3.20. The number of aryl methyl sites for hydroxylation is 1. The van der Waals surface area contributed by atoms with Crippen molar-refractivity contribution in [3.8, 4) is 0 Å². The van der Waals surface area contributed by atoms with E-state index < -0.39 is 0 Å². The Bertz CT molecular complexity index is 951. The second kappa shape index (κ2) is 7.37. The number of hydrogen-bond acceptors (Lipinski definition) is 4. The molecule has 27 heavy (non-hydrogen) atoms. The topological polar surface area (TPSA) is 63.1 Å². The van der Waals surface area contributed by atoms with Gasteiger partial charge in [0.25, 0.3) is 5.91 Å². The van der Waals surface area contributed by atoms with Crippen LogP contribution in [-0.2, 0) is 11.2 Å². The van der Waals surface area contributed by atoms with E-state index >= 15 is 0 Å². The summed E-state index contributed by atoms with van der Waals surface area (Å²) >= 11 is 13.1. The highest BCUT2D eigenvalue weighted by molar-refractivity contribution is 7.73. The van der Waals surface area contributed by atoms with Gasteiger partial charge in [-0.3, -0.25) is 9.59 Å². The molecule has 0 spiro atoms. The maximum absolute atomic E-state index is 12.8. The first-order chi connectivity index (χ1) is 13.0. The molecule has 0 radical (unpaired) electrons. The van der Waals surface area contributed by atoms with Crippen molar-refractivity contribution < 1.29 is 9.59 Å². The fraction of sp³-hybridized carbons (Fsp3) is 0.421. The van der Waals surface area contributed by atoms with Crippen LogP contribution in [-0.4, -0.2) is 21.8 Å². The molecule has 1 saturated carbocycles. The van der Waals surface area contributed by atoms with Gasteiger partial charge in [0.1, 0.15) is 10.7 Å². The number of anilines is 2. The zero-order chi connectivity index (χ0) is 19.1. The molecule has 3 unspecified atom stereocenters. The quantitative estimate of drug-likeness (QED) is 0.541. The Morgan fingerprint density at radius 2 is 2.11 bits per heavy atom. The number of nitrogens with zero attached hydrogens (tertiary/aromatic N) is 1. The Kier molecular flexibility index (Phi) is 5.09. The van der Waals surface area contributed by atoms with Crippen LogP contribution < -0.4 is 10.6 Å². The molecule has 2 N–H and O–H groups in total. The minimum absolute atomic E-state index is 0.0288. The summed E-state index contributed by atoms with van der Waals surface area (Å²) in [5.41, 5.74) is 1.92. The molecule has 1 aliphatic carbocycles. The standard InChI is InChI=1S/C19H20ClN3O2S2/c1-2-10-3-6-12(7-4-10)21-18(25)15-16-22-17(24)13-8-5-11(20)9-14(13)23(16)19(26)27-15/h3-4,6-7,11,13-14H,2,5,8-9H2,1H3,(H,21,25)(H,22,24). The van der Waals surface area contributed by atoms with E-state index in [1.807, 2.05) is 28.8 Å². The van der Waals surface area contributed by atoms with Crippen LogP contribution in [0.4, 0.5) is 11.5 Å². The van der Waals surface area contributed by atoms with Gasteiger partial charge in [-0.05, 0) is 55.6 Å². The van der Waals surface area contributed by atoms with Gasteiger partial charge in [0.2, 0.25) is 5.91 Å². The lowest BCUT2D eigenvalue weighted by atomic mass is 9.82. The minimum atomic E-state index is -0.263. The average Bonchev–Trinajstić information content (AvgIpc) is 2.99. The van der Waals surface area contributed by atoms with Crippen LogP contribution >= 0.6 is 35.2 Å². The predicted molar refractivity (Wildman–Crippen MR) is 112 cm³/mol. The number of benzene rings is 1. The first-order valence-corrected chi connectivity index (χ1v) is 10.7. The van der Waals surface area contributed by atoms with Gasteiger partial charge in [0.15, 0.2) is 3.95 Å². The SMILES string of the molecule is CCc1ccc(NC(=O)c2sc(=S)n3c2NC(=O)C2CCC(Cl)CC23)cc1. The maximum Gasteiger partial charge on any atom is 0.269 e. The van der Waals surface area contributed by atoms with E-state index in [9.17, 15) is 9.59 Å². The average molecular weight is 422 g/mol. The van der Waals surface area contributed by atoms with Gasteiger partial charge in [-0.25, -0.2) is 0 Å². The molecule has 2 heterocycles. The summed E-state index contributed by atoms with van der Waals surface area (Å²) in [5, 5.41) is 5.84. The molecule has 2 amide bonds. The van der Waals surface area contributed by atoms with Crippen LogP contribution in [0.5, 0.6) is 0 Å². The summed E-state index contributed by atoms with van der Waals surface area (Å²) in [6.45, 7) is 2.08. The number of halogens is 1. The fourth-order valence-electron chi connectivity index (χ4n) is 3.87. The molecule has 1 aromatic heterocycles. The molecule has 4 rings (SSSR count). The van der Waals surface area contributed by atoms with E-state index in [-0.39, 0.29) is 29.2 Å². The van der Waals surface area contributed by atoms with E-state index in [2.05, 4.69) is 17.6 Å². The van der Waals surface area contributed by atoms with Crippen molar-refractivity contribution in [2.24, 2.45) is 5.92 Å². The van der Waals surface area contributed by atoms with E-state index in [4.69, 9.17) is 23.8 Å². The van der Waals surface area contributed by atoms with Gasteiger partial charge >= 0.3 is 0 Å². The van der Waals surface area contributed by atoms with Crippen molar-refractivity contribution in [1.29, 1.82) is 0 Å². The molecule has 0 saturated heterocycles. The highest BCUT2D eigenvalue weighted by atomic mass is 35.5. The molecule has 2 aliphatic rings.